The topological polar surface area (TPSA) is 87.7 Å². The molecule has 0 aliphatic carbocycles. The van der Waals surface area contributed by atoms with Gasteiger partial charge in [-0.1, -0.05) is 25.4 Å². The third-order valence-electron chi connectivity index (χ3n) is 2.78. The van der Waals surface area contributed by atoms with Gasteiger partial charge in [0.05, 0.1) is 17.8 Å². The zero-order valence-corrected chi connectivity index (χ0v) is 13.0. The molecule has 0 atom stereocenters. The van der Waals surface area contributed by atoms with Crippen molar-refractivity contribution < 1.29 is 19.4 Å². The van der Waals surface area contributed by atoms with Crippen LogP contribution in [0, 0.1) is 5.92 Å². The lowest BCUT2D eigenvalue weighted by molar-refractivity contribution is 0.0693. The largest absolute Gasteiger partial charge is 0.496 e. The van der Waals surface area contributed by atoms with E-state index in [1.54, 1.807) is 0 Å². The average Bonchev–Trinajstić information content (AvgIpc) is 2.39. The number of anilines is 1. The van der Waals surface area contributed by atoms with Gasteiger partial charge in [-0.2, -0.15) is 0 Å². The van der Waals surface area contributed by atoms with Crippen LogP contribution in [0.15, 0.2) is 12.1 Å². The molecule has 1 rings (SSSR count). The quantitative estimate of drug-likeness (QED) is 0.752. The lowest BCUT2D eigenvalue weighted by Crippen LogP contribution is -2.30. The number of ether oxygens (including phenoxy) is 1. The number of aromatic carboxylic acids is 1. The molecule has 2 amide bonds. The van der Waals surface area contributed by atoms with E-state index in [4.69, 9.17) is 21.4 Å². The van der Waals surface area contributed by atoms with Crippen LogP contribution in [0.5, 0.6) is 5.75 Å². The molecule has 1 aromatic carbocycles. The maximum absolute atomic E-state index is 11.7. The van der Waals surface area contributed by atoms with Crippen LogP contribution in [0.1, 0.15) is 30.6 Å². The van der Waals surface area contributed by atoms with Crippen molar-refractivity contribution in [1.82, 2.24) is 5.32 Å². The van der Waals surface area contributed by atoms with Crippen LogP contribution in [0.3, 0.4) is 0 Å². The van der Waals surface area contributed by atoms with Gasteiger partial charge in [0.2, 0.25) is 0 Å². The number of benzene rings is 1. The summed E-state index contributed by atoms with van der Waals surface area (Å²) >= 11 is 5.97. The number of nitrogens with one attached hydrogen (secondary N) is 2. The minimum Gasteiger partial charge on any atom is -0.496 e. The normalized spacial score (nSPS) is 10.3. The zero-order chi connectivity index (χ0) is 16.0. The molecule has 0 radical (unpaired) electrons. The standard InChI is InChI=1S/C14H19ClN2O4/c1-8(2)4-5-16-14(20)17-11-7-12(21-3)9(13(18)19)6-10(11)15/h6-8H,4-5H2,1-3H3,(H,18,19)(H2,16,17,20). The Morgan fingerprint density at radius 3 is 2.57 bits per heavy atom. The van der Waals surface area contributed by atoms with E-state index in [1.807, 2.05) is 0 Å². The van der Waals surface area contributed by atoms with Crippen LogP contribution < -0.4 is 15.4 Å². The fourth-order valence-corrected chi connectivity index (χ4v) is 1.84. The molecule has 0 unspecified atom stereocenters. The Labute approximate surface area is 128 Å². The Hall–Kier alpha value is -1.95. The number of methoxy groups -OCH3 is 1. The summed E-state index contributed by atoms with van der Waals surface area (Å²) in [6.45, 7) is 4.67. The molecule has 0 aliphatic rings. The summed E-state index contributed by atoms with van der Waals surface area (Å²) in [4.78, 5) is 22.8. The maximum atomic E-state index is 11.7. The van der Waals surface area contributed by atoms with Gasteiger partial charge in [-0.15, -0.1) is 0 Å². The second-order valence-electron chi connectivity index (χ2n) is 4.90. The lowest BCUT2D eigenvalue weighted by atomic mass is 10.1. The van der Waals surface area contributed by atoms with Gasteiger partial charge in [-0.3, -0.25) is 0 Å². The molecule has 3 N–H and O–H groups in total. The first-order valence-corrected chi connectivity index (χ1v) is 6.88. The molecule has 0 aliphatic heterocycles. The molecule has 21 heavy (non-hydrogen) atoms. The number of rotatable bonds is 6. The molecule has 0 saturated heterocycles. The molecule has 0 saturated carbocycles. The van der Waals surface area contributed by atoms with Crippen molar-refractivity contribution >= 4 is 29.3 Å². The smallest absolute Gasteiger partial charge is 0.339 e. The van der Waals surface area contributed by atoms with E-state index in [9.17, 15) is 9.59 Å². The van der Waals surface area contributed by atoms with Crippen LogP contribution >= 0.6 is 11.6 Å². The van der Waals surface area contributed by atoms with Crippen molar-refractivity contribution in [1.29, 1.82) is 0 Å². The predicted octanol–water partition coefficient (Wildman–Crippen LogP) is 3.21. The number of carboxylic acids is 1. The van der Waals surface area contributed by atoms with E-state index in [-0.39, 0.29) is 16.3 Å². The Balaban J connectivity index is 2.79. The summed E-state index contributed by atoms with van der Waals surface area (Å²) in [5.41, 5.74) is 0.230. The fraction of sp³-hybridized carbons (Fsp3) is 0.429. The monoisotopic (exact) mass is 314 g/mol. The van der Waals surface area contributed by atoms with Crippen LogP contribution in [-0.2, 0) is 0 Å². The Morgan fingerprint density at radius 1 is 1.38 bits per heavy atom. The van der Waals surface area contributed by atoms with Gasteiger partial charge < -0.3 is 20.5 Å². The highest BCUT2D eigenvalue weighted by Crippen LogP contribution is 2.30. The number of carboxylic acid groups (broad SMARTS) is 1. The molecule has 0 aromatic heterocycles. The van der Waals surface area contributed by atoms with E-state index >= 15 is 0 Å². The van der Waals surface area contributed by atoms with Crippen molar-refractivity contribution in [2.75, 3.05) is 19.0 Å². The number of halogens is 1. The van der Waals surface area contributed by atoms with E-state index in [2.05, 4.69) is 24.5 Å². The maximum Gasteiger partial charge on any atom is 0.339 e. The first-order valence-electron chi connectivity index (χ1n) is 6.50. The van der Waals surface area contributed by atoms with Crippen LogP contribution in [-0.4, -0.2) is 30.8 Å². The van der Waals surface area contributed by atoms with Crippen molar-refractivity contribution in [2.24, 2.45) is 5.92 Å². The van der Waals surface area contributed by atoms with Gasteiger partial charge >= 0.3 is 12.0 Å². The summed E-state index contributed by atoms with van der Waals surface area (Å²) in [5.74, 6) is -0.533. The first-order chi connectivity index (χ1) is 9.85. The number of amides is 2. The molecule has 0 heterocycles. The Bertz CT molecular complexity index is 532. The third kappa shape index (κ3) is 5.15. The van der Waals surface area contributed by atoms with Gasteiger partial charge in [-0.25, -0.2) is 9.59 Å². The van der Waals surface area contributed by atoms with E-state index in [1.165, 1.54) is 19.2 Å². The number of carbonyl (C=O) groups is 2. The van der Waals surface area contributed by atoms with Gasteiger partial charge in [0.25, 0.3) is 0 Å². The molecule has 0 bridgehead atoms. The molecule has 7 heteroatoms. The van der Waals surface area contributed by atoms with Crippen molar-refractivity contribution in [3.8, 4) is 5.75 Å². The highest BCUT2D eigenvalue weighted by Gasteiger charge is 2.16. The van der Waals surface area contributed by atoms with Crippen molar-refractivity contribution in [2.45, 2.75) is 20.3 Å². The molecule has 0 spiro atoms. The van der Waals surface area contributed by atoms with Crippen molar-refractivity contribution in [3.05, 3.63) is 22.7 Å². The SMILES string of the molecule is COc1cc(NC(=O)NCCC(C)C)c(Cl)cc1C(=O)O. The summed E-state index contributed by atoms with van der Waals surface area (Å²) in [5, 5.41) is 14.4. The molecular weight excluding hydrogens is 296 g/mol. The third-order valence-corrected chi connectivity index (χ3v) is 3.09. The minimum absolute atomic E-state index is 0.0618. The summed E-state index contributed by atoms with van der Waals surface area (Å²) < 4.78 is 4.99. The van der Waals surface area contributed by atoms with Crippen LogP contribution in [0.25, 0.3) is 0 Å². The van der Waals surface area contributed by atoms with Gasteiger partial charge in [0, 0.05) is 12.6 Å². The summed E-state index contributed by atoms with van der Waals surface area (Å²) in [7, 11) is 1.35. The number of carbonyl (C=O) groups excluding carboxylic acids is 1. The minimum atomic E-state index is -1.15. The number of hydrogen-bond acceptors (Lipinski definition) is 3. The first kappa shape index (κ1) is 17.1. The van der Waals surface area contributed by atoms with E-state index in [0.717, 1.165) is 6.42 Å². The second-order valence-corrected chi connectivity index (χ2v) is 5.31. The van der Waals surface area contributed by atoms with Crippen LogP contribution in [0.2, 0.25) is 5.02 Å². The van der Waals surface area contributed by atoms with Crippen molar-refractivity contribution in [3.63, 3.8) is 0 Å². The van der Waals surface area contributed by atoms with Gasteiger partial charge in [0.1, 0.15) is 11.3 Å². The molecule has 6 nitrogen and oxygen atoms in total. The molecule has 1 aromatic rings. The van der Waals surface area contributed by atoms with Crippen LogP contribution in [0.4, 0.5) is 10.5 Å². The highest BCUT2D eigenvalue weighted by atomic mass is 35.5. The highest BCUT2D eigenvalue weighted by molar-refractivity contribution is 6.34. The number of hydrogen-bond donors (Lipinski definition) is 3. The predicted molar refractivity (Wildman–Crippen MR) is 81.4 cm³/mol. The van der Waals surface area contributed by atoms with Gasteiger partial charge in [0.15, 0.2) is 0 Å². The zero-order valence-electron chi connectivity index (χ0n) is 12.2. The molecule has 0 fully saturated rings. The number of urea groups is 1. The fourth-order valence-electron chi connectivity index (χ4n) is 1.63. The Kier molecular flexibility index (Phi) is 6.30. The summed E-state index contributed by atoms with van der Waals surface area (Å²) in [6.07, 6.45) is 0.864. The second kappa shape index (κ2) is 7.73. The molecular formula is C14H19ClN2O4. The van der Waals surface area contributed by atoms with E-state index < -0.39 is 12.0 Å². The van der Waals surface area contributed by atoms with E-state index in [0.29, 0.717) is 18.2 Å². The lowest BCUT2D eigenvalue weighted by Gasteiger charge is -2.12. The average molecular weight is 315 g/mol. The Morgan fingerprint density at radius 2 is 2.05 bits per heavy atom. The van der Waals surface area contributed by atoms with Gasteiger partial charge in [-0.05, 0) is 18.4 Å². The molecule has 116 valence electrons. The summed E-state index contributed by atoms with van der Waals surface area (Å²) in [6, 6.07) is 2.22.